The zero-order chi connectivity index (χ0) is 12.1. The molecule has 1 rings (SSSR count). The number of aliphatic hydroxyl groups excluding tert-OH is 2. The first-order valence-corrected chi connectivity index (χ1v) is 4.79. The van der Waals surface area contributed by atoms with Gasteiger partial charge in [-0.1, -0.05) is 12.1 Å². The second-order valence-corrected chi connectivity index (χ2v) is 3.46. The van der Waals surface area contributed by atoms with E-state index in [0.717, 1.165) is 0 Å². The van der Waals surface area contributed by atoms with E-state index in [9.17, 15) is 15.2 Å². The van der Waals surface area contributed by atoms with Crippen LogP contribution < -0.4 is 4.90 Å². The van der Waals surface area contributed by atoms with E-state index in [-0.39, 0.29) is 18.8 Å². The fourth-order valence-corrected chi connectivity index (χ4v) is 1.41. The van der Waals surface area contributed by atoms with Crippen LogP contribution in [0.15, 0.2) is 24.3 Å². The predicted octanol–water partition coefficient (Wildman–Crippen LogP) is 0.384. The van der Waals surface area contributed by atoms with Gasteiger partial charge in [-0.05, 0) is 6.07 Å². The van der Waals surface area contributed by atoms with Crippen LogP contribution in [0, 0.1) is 10.1 Å². The molecule has 0 aliphatic carbocycles. The van der Waals surface area contributed by atoms with Gasteiger partial charge in [0.1, 0.15) is 5.69 Å². The highest BCUT2D eigenvalue weighted by Crippen LogP contribution is 2.26. The quantitative estimate of drug-likeness (QED) is 0.560. The summed E-state index contributed by atoms with van der Waals surface area (Å²) in [5.74, 6) is 0. The lowest BCUT2D eigenvalue weighted by Gasteiger charge is -2.21. The van der Waals surface area contributed by atoms with E-state index in [1.165, 1.54) is 6.07 Å². The van der Waals surface area contributed by atoms with Crippen LogP contribution >= 0.6 is 0 Å². The Morgan fingerprint density at radius 3 is 2.69 bits per heavy atom. The minimum atomic E-state index is -0.912. The number of rotatable bonds is 5. The van der Waals surface area contributed by atoms with Gasteiger partial charge in [0, 0.05) is 19.7 Å². The van der Waals surface area contributed by atoms with Crippen molar-refractivity contribution in [2.24, 2.45) is 0 Å². The SMILES string of the molecule is CN(C[C@@H](O)CO)c1ccccc1[N+](=O)[O-]. The van der Waals surface area contributed by atoms with Crippen molar-refractivity contribution < 1.29 is 15.1 Å². The van der Waals surface area contributed by atoms with Crippen LogP contribution in [0.2, 0.25) is 0 Å². The average molecular weight is 226 g/mol. The molecule has 0 bridgehead atoms. The van der Waals surface area contributed by atoms with Crippen LogP contribution in [-0.2, 0) is 0 Å². The Labute approximate surface area is 92.9 Å². The number of benzene rings is 1. The van der Waals surface area contributed by atoms with Crippen LogP contribution in [0.1, 0.15) is 0 Å². The molecule has 0 heterocycles. The highest BCUT2D eigenvalue weighted by molar-refractivity contribution is 5.62. The third-order valence-electron chi connectivity index (χ3n) is 2.19. The molecule has 0 aromatic heterocycles. The number of nitro benzene ring substituents is 1. The van der Waals surface area contributed by atoms with Gasteiger partial charge in [-0.25, -0.2) is 0 Å². The largest absolute Gasteiger partial charge is 0.394 e. The highest BCUT2D eigenvalue weighted by atomic mass is 16.6. The summed E-state index contributed by atoms with van der Waals surface area (Å²) in [5.41, 5.74) is 0.398. The number of hydrogen-bond donors (Lipinski definition) is 2. The summed E-state index contributed by atoms with van der Waals surface area (Å²) < 4.78 is 0. The van der Waals surface area contributed by atoms with Gasteiger partial charge < -0.3 is 15.1 Å². The molecule has 88 valence electrons. The van der Waals surface area contributed by atoms with E-state index >= 15 is 0 Å². The van der Waals surface area contributed by atoms with Gasteiger partial charge >= 0.3 is 0 Å². The second kappa shape index (κ2) is 5.43. The summed E-state index contributed by atoms with van der Waals surface area (Å²) in [6.07, 6.45) is -0.912. The Hall–Kier alpha value is -1.66. The van der Waals surface area contributed by atoms with Gasteiger partial charge in [-0.15, -0.1) is 0 Å². The van der Waals surface area contributed by atoms with Crippen molar-refractivity contribution in [1.82, 2.24) is 0 Å². The lowest BCUT2D eigenvalue weighted by Crippen LogP contribution is -2.31. The first-order valence-electron chi connectivity index (χ1n) is 4.79. The molecule has 6 nitrogen and oxygen atoms in total. The molecule has 0 aliphatic rings. The summed E-state index contributed by atoms with van der Waals surface area (Å²) in [7, 11) is 1.63. The van der Waals surface area contributed by atoms with Crippen molar-refractivity contribution in [3.05, 3.63) is 34.4 Å². The normalized spacial score (nSPS) is 12.2. The number of para-hydroxylation sites is 2. The van der Waals surface area contributed by atoms with Crippen molar-refractivity contribution in [2.75, 3.05) is 25.1 Å². The molecule has 1 atom stereocenters. The molecule has 6 heteroatoms. The Morgan fingerprint density at radius 2 is 2.12 bits per heavy atom. The predicted molar refractivity (Wildman–Crippen MR) is 59.5 cm³/mol. The van der Waals surface area contributed by atoms with Crippen LogP contribution in [0.5, 0.6) is 0 Å². The van der Waals surface area contributed by atoms with Crippen molar-refractivity contribution in [1.29, 1.82) is 0 Å². The molecule has 0 spiro atoms. The standard InChI is InChI=1S/C10H14N2O4/c1-11(6-8(14)7-13)9-4-2-3-5-10(9)12(15)16/h2-5,8,13-14H,6-7H2,1H3/t8-/m1/s1. The van der Waals surface area contributed by atoms with Gasteiger partial charge in [0.25, 0.3) is 5.69 Å². The lowest BCUT2D eigenvalue weighted by molar-refractivity contribution is -0.384. The minimum absolute atomic E-state index is 0.0184. The first-order chi connectivity index (χ1) is 7.56. The summed E-state index contributed by atoms with van der Waals surface area (Å²) in [5, 5.41) is 28.7. The third-order valence-corrected chi connectivity index (χ3v) is 2.19. The monoisotopic (exact) mass is 226 g/mol. The zero-order valence-corrected chi connectivity index (χ0v) is 8.91. The number of nitro groups is 1. The van der Waals surface area contributed by atoms with E-state index in [1.54, 1.807) is 30.1 Å². The van der Waals surface area contributed by atoms with Crippen LogP contribution in [0.25, 0.3) is 0 Å². The molecule has 0 unspecified atom stereocenters. The van der Waals surface area contributed by atoms with Gasteiger partial charge in [0.15, 0.2) is 0 Å². The smallest absolute Gasteiger partial charge is 0.292 e. The fraction of sp³-hybridized carbons (Fsp3) is 0.400. The van der Waals surface area contributed by atoms with Gasteiger partial charge in [-0.3, -0.25) is 10.1 Å². The topological polar surface area (TPSA) is 86.8 Å². The van der Waals surface area contributed by atoms with Gasteiger partial charge in [-0.2, -0.15) is 0 Å². The molecule has 1 aromatic rings. The molecule has 16 heavy (non-hydrogen) atoms. The van der Waals surface area contributed by atoms with Crippen molar-refractivity contribution in [2.45, 2.75) is 6.10 Å². The molecule has 0 fully saturated rings. The van der Waals surface area contributed by atoms with Gasteiger partial charge in [0.2, 0.25) is 0 Å². The number of aliphatic hydroxyl groups is 2. The van der Waals surface area contributed by atoms with E-state index in [2.05, 4.69) is 0 Å². The Balaban J connectivity index is 2.90. The van der Waals surface area contributed by atoms with Gasteiger partial charge in [0.05, 0.1) is 17.6 Å². The Morgan fingerprint density at radius 1 is 1.50 bits per heavy atom. The molecule has 0 amide bonds. The molecule has 0 saturated carbocycles. The maximum atomic E-state index is 10.7. The summed E-state index contributed by atoms with van der Waals surface area (Å²) >= 11 is 0. The van der Waals surface area contributed by atoms with E-state index in [0.29, 0.717) is 5.69 Å². The number of anilines is 1. The maximum Gasteiger partial charge on any atom is 0.292 e. The highest BCUT2D eigenvalue weighted by Gasteiger charge is 2.17. The molecule has 0 radical (unpaired) electrons. The van der Waals surface area contributed by atoms with Crippen LogP contribution in [-0.4, -0.2) is 41.4 Å². The average Bonchev–Trinajstić information content (AvgIpc) is 2.28. The van der Waals surface area contributed by atoms with E-state index in [4.69, 9.17) is 5.11 Å². The first kappa shape index (κ1) is 12.4. The maximum absolute atomic E-state index is 10.7. The molecule has 1 aromatic carbocycles. The molecule has 2 N–H and O–H groups in total. The molecular formula is C10H14N2O4. The van der Waals surface area contributed by atoms with E-state index in [1.807, 2.05) is 0 Å². The van der Waals surface area contributed by atoms with Crippen molar-refractivity contribution in [3.63, 3.8) is 0 Å². The van der Waals surface area contributed by atoms with E-state index < -0.39 is 11.0 Å². The number of likely N-dealkylation sites (N-methyl/N-ethyl adjacent to an activating group) is 1. The third kappa shape index (κ3) is 2.91. The molecule has 0 saturated heterocycles. The van der Waals surface area contributed by atoms with Crippen molar-refractivity contribution in [3.8, 4) is 0 Å². The lowest BCUT2D eigenvalue weighted by atomic mass is 10.2. The minimum Gasteiger partial charge on any atom is -0.394 e. The number of nitrogens with zero attached hydrogens (tertiary/aromatic N) is 2. The molecule has 0 aliphatic heterocycles. The van der Waals surface area contributed by atoms with Crippen LogP contribution in [0.3, 0.4) is 0 Å². The summed E-state index contributed by atoms with van der Waals surface area (Å²) in [6, 6.07) is 6.27. The number of hydrogen-bond acceptors (Lipinski definition) is 5. The summed E-state index contributed by atoms with van der Waals surface area (Å²) in [6.45, 7) is -0.230. The Bertz CT molecular complexity index is 370. The summed E-state index contributed by atoms with van der Waals surface area (Å²) in [4.78, 5) is 11.8. The zero-order valence-electron chi connectivity index (χ0n) is 8.91. The molecular weight excluding hydrogens is 212 g/mol. The Kier molecular flexibility index (Phi) is 4.21. The van der Waals surface area contributed by atoms with Crippen LogP contribution in [0.4, 0.5) is 11.4 Å². The second-order valence-electron chi connectivity index (χ2n) is 3.46. The van der Waals surface area contributed by atoms with Crippen molar-refractivity contribution >= 4 is 11.4 Å². The fourth-order valence-electron chi connectivity index (χ4n) is 1.41.